The lowest BCUT2D eigenvalue weighted by Gasteiger charge is -2.19. The molecule has 2 unspecified atom stereocenters. The third kappa shape index (κ3) is 3.17. The van der Waals surface area contributed by atoms with Crippen LogP contribution in [0.2, 0.25) is 0 Å². The first kappa shape index (κ1) is 11.4. The number of aliphatic hydroxyl groups excluding tert-OH is 1. The van der Waals surface area contributed by atoms with E-state index in [1.165, 1.54) is 6.08 Å². The molecule has 0 radical (unpaired) electrons. The first-order valence-corrected chi connectivity index (χ1v) is 4.31. The SMILES string of the molecule is C=CCN([PH2]=O)C(CO)C(=O)O. The van der Waals surface area contributed by atoms with Gasteiger partial charge in [0.1, 0.15) is 14.7 Å². The van der Waals surface area contributed by atoms with E-state index >= 15 is 0 Å². The van der Waals surface area contributed by atoms with Crippen molar-refractivity contribution < 1.29 is 19.6 Å². The van der Waals surface area contributed by atoms with E-state index < -0.39 is 27.2 Å². The molecule has 12 heavy (non-hydrogen) atoms. The lowest BCUT2D eigenvalue weighted by atomic mass is 10.3. The zero-order valence-corrected chi connectivity index (χ0v) is 7.67. The van der Waals surface area contributed by atoms with Gasteiger partial charge in [0.05, 0.1) is 6.61 Å². The minimum absolute atomic E-state index is 0.205. The average Bonchev–Trinajstić information content (AvgIpc) is 2.03. The quantitative estimate of drug-likeness (QED) is 0.443. The molecule has 0 amide bonds. The number of carboxylic acid groups (broad SMARTS) is 1. The van der Waals surface area contributed by atoms with Crippen LogP contribution in [0.15, 0.2) is 12.7 Å². The minimum atomic E-state index is -1.35. The average molecular weight is 193 g/mol. The van der Waals surface area contributed by atoms with Crippen LogP contribution < -0.4 is 0 Å². The second-order valence-electron chi connectivity index (χ2n) is 2.13. The number of carbonyl (C=O) groups is 1. The molecule has 0 saturated heterocycles. The minimum Gasteiger partial charge on any atom is -0.480 e. The van der Waals surface area contributed by atoms with E-state index in [0.717, 1.165) is 4.67 Å². The zero-order valence-electron chi connectivity index (χ0n) is 6.51. The van der Waals surface area contributed by atoms with E-state index in [0.29, 0.717) is 0 Å². The van der Waals surface area contributed by atoms with Crippen molar-refractivity contribution in [2.45, 2.75) is 6.04 Å². The van der Waals surface area contributed by atoms with Crippen molar-refractivity contribution in [3.05, 3.63) is 12.7 Å². The molecule has 0 bridgehead atoms. The third-order valence-corrected chi connectivity index (χ3v) is 2.18. The van der Waals surface area contributed by atoms with Crippen LogP contribution in [0.5, 0.6) is 0 Å². The highest BCUT2D eigenvalue weighted by Crippen LogP contribution is 2.10. The van der Waals surface area contributed by atoms with Crippen LogP contribution in [0.3, 0.4) is 0 Å². The molecule has 0 heterocycles. The van der Waals surface area contributed by atoms with Crippen molar-refractivity contribution in [2.75, 3.05) is 13.2 Å². The van der Waals surface area contributed by atoms with Gasteiger partial charge in [-0.15, -0.1) is 6.58 Å². The van der Waals surface area contributed by atoms with Crippen LogP contribution in [0.1, 0.15) is 0 Å². The number of aliphatic hydroxyl groups is 1. The summed E-state index contributed by atoms with van der Waals surface area (Å²) in [5.41, 5.74) is 0. The molecule has 0 fully saturated rings. The monoisotopic (exact) mass is 193 g/mol. The maximum atomic E-state index is 10.5. The zero-order chi connectivity index (χ0) is 9.56. The second kappa shape index (κ2) is 5.94. The molecular weight excluding hydrogens is 181 g/mol. The van der Waals surface area contributed by atoms with Gasteiger partial charge in [-0.3, -0.25) is 4.79 Å². The predicted octanol–water partition coefficient (Wildman–Crippen LogP) is -0.409. The number of hydrogen-bond acceptors (Lipinski definition) is 3. The number of carboxylic acids is 1. The maximum Gasteiger partial charge on any atom is 0.323 e. The molecule has 6 heteroatoms. The van der Waals surface area contributed by atoms with Crippen LogP contribution in [-0.2, 0) is 9.36 Å². The van der Waals surface area contributed by atoms with Crippen LogP contribution >= 0.6 is 8.61 Å². The Morgan fingerprint density at radius 3 is 2.58 bits per heavy atom. The lowest BCUT2D eigenvalue weighted by molar-refractivity contribution is -0.142. The van der Waals surface area contributed by atoms with Gasteiger partial charge >= 0.3 is 5.97 Å². The molecule has 70 valence electrons. The summed E-state index contributed by atoms with van der Waals surface area (Å²) in [4.78, 5) is 10.4. The van der Waals surface area contributed by atoms with Crippen molar-refractivity contribution in [1.29, 1.82) is 0 Å². The topological polar surface area (TPSA) is 77.8 Å². The predicted molar refractivity (Wildman–Crippen MR) is 45.8 cm³/mol. The van der Waals surface area contributed by atoms with Gasteiger partial charge in [-0.2, -0.15) is 0 Å². The molecule has 0 aliphatic rings. The van der Waals surface area contributed by atoms with Crippen molar-refractivity contribution in [3.63, 3.8) is 0 Å². The Kier molecular flexibility index (Phi) is 5.62. The second-order valence-corrected chi connectivity index (χ2v) is 3.00. The van der Waals surface area contributed by atoms with Crippen LogP contribution in [0.4, 0.5) is 0 Å². The van der Waals surface area contributed by atoms with Crippen LogP contribution in [-0.4, -0.2) is 40.0 Å². The first-order valence-electron chi connectivity index (χ1n) is 3.33. The van der Waals surface area contributed by atoms with Gasteiger partial charge in [-0.1, -0.05) is 6.08 Å². The van der Waals surface area contributed by atoms with Crippen molar-refractivity contribution in [1.82, 2.24) is 4.67 Å². The lowest BCUT2D eigenvalue weighted by Crippen LogP contribution is -2.38. The van der Waals surface area contributed by atoms with E-state index in [1.54, 1.807) is 0 Å². The molecule has 0 aromatic heterocycles. The fraction of sp³-hybridized carbons (Fsp3) is 0.500. The molecule has 0 aliphatic carbocycles. The van der Waals surface area contributed by atoms with Crippen molar-refractivity contribution in [3.8, 4) is 0 Å². The van der Waals surface area contributed by atoms with Gasteiger partial charge in [0.2, 0.25) is 0 Å². The van der Waals surface area contributed by atoms with Gasteiger partial charge in [-0.25, -0.2) is 4.67 Å². The number of hydrogen-bond donors (Lipinski definition) is 2. The Morgan fingerprint density at radius 1 is 1.75 bits per heavy atom. The number of aliphatic carboxylic acids is 1. The Hall–Kier alpha value is -0.640. The highest BCUT2D eigenvalue weighted by molar-refractivity contribution is 7.20. The number of rotatable bonds is 6. The largest absolute Gasteiger partial charge is 0.480 e. The summed E-state index contributed by atoms with van der Waals surface area (Å²) in [7, 11) is -1.35. The van der Waals surface area contributed by atoms with Crippen LogP contribution in [0, 0.1) is 0 Å². The molecule has 0 rings (SSSR count). The molecule has 0 spiro atoms. The normalized spacial score (nSPS) is 13.8. The Labute approximate surface area is 71.6 Å². The van der Waals surface area contributed by atoms with Crippen LogP contribution in [0.25, 0.3) is 0 Å². The fourth-order valence-electron chi connectivity index (χ4n) is 0.718. The summed E-state index contributed by atoms with van der Waals surface area (Å²) in [6.45, 7) is 3.04. The molecule has 5 nitrogen and oxygen atoms in total. The smallest absolute Gasteiger partial charge is 0.323 e. The standard InChI is InChI=1S/C6H12NO4P/c1-2-3-7(12-11)5(4-8)6(9)10/h2,5,8H,1,3-4,12H2,(H,9,10). The molecule has 0 aromatic carbocycles. The van der Waals surface area contributed by atoms with E-state index in [2.05, 4.69) is 6.58 Å². The van der Waals surface area contributed by atoms with Crippen molar-refractivity contribution >= 4 is 14.6 Å². The first-order chi connectivity index (χ1) is 5.67. The highest BCUT2D eigenvalue weighted by Gasteiger charge is 2.22. The summed E-state index contributed by atoms with van der Waals surface area (Å²) in [6, 6.07) is -1.09. The fourth-order valence-corrected chi connectivity index (χ4v) is 1.32. The number of nitrogens with zero attached hydrogens (tertiary/aromatic N) is 1. The summed E-state index contributed by atoms with van der Waals surface area (Å²) in [5, 5.41) is 17.2. The molecule has 2 N–H and O–H groups in total. The van der Waals surface area contributed by atoms with Crippen molar-refractivity contribution in [2.24, 2.45) is 0 Å². The Morgan fingerprint density at radius 2 is 2.33 bits per heavy atom. The Bertz CT molecular complexity index is 184. The summed E-state index contributed by atoms with van der Waals surface area (Å²) >= 11 is 0. The molecule has 0 aliphatic heterocycles. The molecule has 2 atom stereocenters. The van der Waals surface area contributed by atoms with Gasteiger partial charge in [0, 0.05) is 6.54 Å². The summed E-state index contributed by atoms with van der Waals surface area (Å²) in [6.07, 6.45) is 1.44. The van der Waals surface area contributed by atoms with Gasteiger partial charge in [0.25, 0.3) is 0 Å². The van der Waals surface area contributed by atoms with E-state index in [-0.39, 0.29) is 6.54 Å². The maximum absolute atomic E-state index is 10.5. The molecular formula is C6H12NO4P. The highest BCUT2D eigenvalue weighted by atomic mass is 31.1. The summed E-state index contributed by atoms with van der Waals surface area (Å²) in [5.74, 6) is -1.18. The van der Waals surface area contributed by atoms with E-state index in [1.807, 2.05) is 0 Å². The molecule has 0 aromatic rings. The third-order valence-electron chi connectivity index (χ3n) is 1.33. The van der Waals surface area contributed by atoms with Gasteiger partial charge in [-0.05, 0) is 0 Å². The summed E-state index contributed by atoms with van der Waals surface area (Å²) < 4.78 is 11.7. The van der Waals surface area contributed by atoms with Gasteiger partial charge in [0.15, 0.2) is 0 Å². The van der Waals surface area contributed by atoms with E-state index in [9.17, 15) is 9.36 Å². The molecule has 0 saturated carbocycles. The van der Waals surface area contributed by atoms with E-state index in [4.69, 9.17) is 10.2 Å². The Balaban J connectivity index is 4.31. The van der Waals surface area contributed by atoms with Gasteiger partial charge < -0.3 is 14.8 Å².